The second-order valence-corrected chi connectivity index (χ2v) is 4.34. The molecule has 0 aromatic heterocycles. The molecule has 0 heterocycles. The summed E-state index contributed by atoms with van der Waals surface area (Å²) in [5.74, 6) is 1.81. The third-order valence-corrected chi connectivity index (χ3v) is 3.67. The van der Waals surface area contributed by atoms with Gasteiger partial charge in [-0.15, -0.1) is 0 Å². The smallest absolute Gasteiger partial charge is 0.0218 e. The molecule has 10 heavy (non-hydrogen) atoms. The molecule has 1 radical (unpaired) electrons. The number of rotatable bonds is 2. The first-order chi connectivity index (χ1) is 4.77. The monoisotopic (exact) mass is 136 g/mol. The molecular formula is C9H14N. The van der Waals surface area contributed by atoms with Crippen LogP contribution in [0.15, 0.2) is 0 Å². The molecule has 0 saturated heterocycles. The van der Waals surface area contributed by atoms with Gasteiger partial charge in [0.2, 0.25) is 0 Å². The van der Waals surface area contributed by atoms with Gasteiger partial charge >= 0.3 is 0 Å². The fraction of sp³-hybridized carbons (Fsp3) is 0.889. The summed E-state index contributed by atoms with van der Waals surface area (Å²) in [6, 6.07) is 0. The predicted molar refractivity (Wildman–Crippen MR) is 40.3 cm³/mol. The van der Waals surface area contributed by atoms with Crippen molar-refractivity contribution in [3.63, 3.8) is 0 Å². The zero-order chi connectivity index (χ0) is 6.82. The highest BCUT2D eigenvalue weighted by Gasteiger charge is 2.68. The fourth-order valence-corrected chi connectivity index (χ4v) is 2.48. The van der Waals surface area contributed by atoms with Crippen molar-refractivity contribution in [1.29, 1.82) is 0 Å². The minimum atomic E-state index is 0.304. The zero-order valence-corrected chi connectivity index (χ0v) is 6.32. The lowest BCUT2D eigenvalue weighted by atomic mass is 9.89. The van der Waals surface area contributed by atoms with Crippen LogP contribution in [0, 0.1) is 11.3 Å². The molecule has 0 atom stereocenters. The molecule has 1 nitrogen and oxygen atoms in total. The van der Waals surface area contributed by atoms with Gasteiger partial charge in [-0.3, -0.25) is 0 Å². The van der Waals surface area contributed by atoms with Gasteiger partial charge in [0.25, 0.3) is 0 Å². The zero-order valence-electron chi connectivity index (χ0n) is 6.32. The van der Waals surface area contributed by atoms with E-state index in [1.165, 1.54) is 38.5 Å². The van der Waals surface area contributed by atoms with Crippen molar-refractivity contribution in [2.75, 3.05) is 0 Å². The summed E-state index contributed by atoms with van der Waals surface area (Å²) in [5, 5.41) is 0. The first-order valence-corrected chi connectivity index (χ1v) is 4.41. The lowest BCUT2D eigenvalue weighted by molar-refractivity contribution is 0.425. The molecular weight excluding hydrogens is 122 g/mol. The Bertz CT molecular complexity index is 173. The van der Waals surface area contributed by atoms with Gasteiger partial charge in [0.05, 0.1) is 0 Å². The maximum Gasteiger partial charge on any atom is 0.0218 e. The Kier molecular flexibility index (Phi) is 0.722. The summed E-state index contributed by atoms with van der Waals surface area (Å²) in [6.07, 6.45) is 8.24. The van der Waals surface area contributed by atoms with E-state index in [2.05, 4.69) is 0 Å². The van der Waals surface area contributed by atoms with E-state index in [1.54, 1.807) is 0 Å². The highest BCUT2D eigenvalue weighted by molar-refractivity contribution is 5.35. The summed E-state index contributed by atoms with van der Waals surface area (Å²) in [5.41, 5.74) is 7.12. The molecule has 3 rings (SSSR count). The van der Waals surface area contributed by atoms with Crippen molar-refractivity contribution in [3.8, 4) is 0 Å². The van der Waals surface area contributed by atoms with E-state index in [0.29, 0.717) is 11.0 Å². The highest BCUT2D eigenvalue weighted by Crippen LogP contribution is 2.73. The Morgan fingerprint density at radius 2 is 1.60 bits per heavy atom. The van der Waals surface area contributed by atoms with Gasteiger partial charge in [-0.1, -0.05) is 0 Å². The molecule has 3 aliphatic rings. The summed E-state index contributed by atoms with van der Waals surface area (Å²) in [6.45, 7) is 0. The molecule has 0 aromatic rings. The highest BCUT2D eigenvalue weighted by atomic mass is 14.9. The van der Waals surface area contributed by atoms with E-state index in [1.807, 2.05) is 5.92 Å². The molecule has 3 saturated carbocycles. The molecule has 55 valence electrons. The second-order valence-electron chi connectivity index (χ2n) is 4.34. The summed E-state index contributed by atoms with van der Waals surface area (Å²) < 4.78 is 0. The van der Waals surface area contributed by atoms with Gasteiger partial charge in [-0.05, 0) is 49.9 Å². The van der Waals surface area contributed by atoms with Crippen LogP contribution in [0.3, 0.4) is 0 Å². The normalized spacial score (nSPS) is 39.3. The first-order valence-electron chi connectivity index (χ1n) is 4.41. The summed E-state index contributed by atoms with van der Waals surface area (Å²) in [7, 11) is 0. The Balaban J connectivity index is 1.88. The quantitative estimate of drug-likeness (QED) is 0.613. The molecule has 0 amide bonds. The van der Waals surface area contributed by atoms with Crippen molar-refractivity contribution < 1.29 is 0 Å². The van der Waals surface area contributed by atoms with Crippen molar-refractivity contribution in [1.82, 2.24) is 0 Å². The molecule has 0 bridgehead atoms. The Hall–Kier alpha value is -0.0400. The molecule has 2 N–H and O–H groups in total. The van der Waals surface area contributed by atoms with E-state index in [4.69, 9.17) is 5.73 Å². The third kappa shape index (κ3) is 0.493. The van der Waals surface area contributed by atoms with E-state index >= 15 is 0 Å². The minimum absolute atomic E-state index is 0.304. The van der Waals surface area contributed by atoms with Crippen LogP contribution in [-0.4, -0.2) is 5.54 Å². The van der Waals surface area contributed by atoms with E-state index in [9.17, 15) is 0 Å². The predicted octanol–water partition coefficient (Wildman–Crippen LogP) is 1.63. The molecule has 1 heteroatoms. The molecule has 3 aliphatic carbocycles. The minimum Gasteiger partial charge on any atom is -0.325 e. The largest absolute Gasteiger partial charge is 0.325 e. The fourth-order valence-electron chi connectivity index (χ4n) is 2.48. The van der Waals surface area contributed by atoms with Gasteiger partial charge in [-0.25, -0.2) is 0 Å². The average molecular weight is 136 g/mol. The SMILES string of the molecule is NC1(C2([C]3CC3)CC2)CC1. The first kappa shape index (κ1) is 5.59. The van der Waals surface area contributed by atoms with Crippen molar-refractivity contribution >= 4 is 0 Å². The Labute approximate surface area is 62.0 Å². The number of hydrogen-bond acceptors (Lipinski definition) is 1. The molecule has 0 aliphatic heterocycles. The van der Waals surface area contributed by atoms with Crippen LogP contribution in [0.2, 0.25) is 0 Å². The molecule has 0 unspecified atom stereocenters. The van der Waals surface area contributed by atoms with Gasteiger partial charge in [0.15, 0.2) is 0 Å². The maximum atomic E-state index is 6.21. The standard InChI is InChI=1S/C9H14N/c10-9(5-6-9)8(3-4-8)7-1-2-7/h1-6,10H2. The summed E-state index contributed by atoms with van der Waals surface area (Å²) >= 11 is 0. The van der Waals surface area contributed by atoms with Crippen LogP contribution < -0.4 is 5.73 Å². The van der Waals surface area contributed by atoms with Crippen LogP contribution in [0.1, 0.15) is 38.5 Å². The van der Waals surface area contributed by atoms with Crippen molar-refractivity contribution in [3.05, 3.63) is 5.92 Å². The van der Waals surface area contributed by atoms with Crippen LogP contribution >= 0.6 is 0 Å². The van der Waals surface area contributed by atoms with Crippen molar-refractivity contribution in [2.24, 2.45) is 11.1 Å². The number of hydrogen-bond donors (Lipinski definition) is 1. The number of nitrogens with two attached hydrogens (primary N) is 1. The van der Waals surface area contributed by atoms with Crippen LogP contribution in [0.25, 0.3) is 0 Å². The Morgan fingerprint density at radius 3 is 1.90 bits per heavy atom. The van der Waals surface area contributed by atoms with Crippen LogP contribution in [-0.2, 0) is 0 Å². The maximum absolute atomic E-state index is 6.21. The summed E-state index contributed by atoms with van der Waals surface area (Å²) in [4.78, 5) is 0. The lowest BCUT2D eigenvalue weighted by Gasteiger charge is -2.21. The van der Waals surface area contributed by atoms with E-state index in [0.717, 1.165) is 0 Å². The van der Waals surface area contributed by atoms with Gasteiger partial charge in [0.1, 0.15) is 0 Å². The van der Waals surface area contributed by atoms with Crippen LogP contribution in [0.4, 0.5) is 0 Å². The molecule has 0 aromatic carbocycles. The van der Waals surface area contributed by atoms with Gasteiger partial charge in [0, 0.05) is 5.54 Å². The topological polar surface area (TPSA) is 26.0 Å². The third-order valence-electron chi connectivity index (χ3n) is 3.67. The van der Waals surface area contributed by atoms with Crippen molar-refractivity contribution in [2.45, 2.75) is 44.1 Å². The molecule has 0 spiro atoms. The van der Waals surface area contributed by atoms with Gasteiger partial charge < -0.3 is 5.73 Å². The van der Waals surface area contributed by atoms with Crippen LogP contribution in [0.5, 0.6) is 0 Å². The van der Waals surface area contributed by atoms with E-state index < -0.39 is 0 Å². The lowest BCUT2D eigenvalue weighted by Crippen LogP contribution is -2.34. The second kappa shape index (κ2) is 1.29. The molecule has 3 fully saturated rings. The van der Waals surface area contributed by atoms with E-state index in [-0.39, 0.29) is 0 Å². The van der Waals surface area contributed by atoms with Gasteiger partial charge in [-0.2, -0.15) is 0 Å². The average Bonchev–Trinajstić information content (AvgIpc) is 2.70. The Morgan fingerprint density at radius 1 is 1.00 bits per heavy atom.